The first-order valence-corrected chi connectivity index (χ1v) is 9.35. The summed E-state index contributed by atoms with van der Waals surface area (Å²) in [7, 11) is 0. The van der Waals surface area contributed by atoms with Crippen molar-refractivity contribution in [3.05, 3.63) is 58.8 Å². The first-order valence-electron chi connectivity index (χ1n) is 8.47. The summed E-state index contributed by atoms with van der Waals surface area (Å²) in [5.41, 5.74) is 0.328. The van der Waals surface area contributed by atoms with Crippen molar-refractivity contribution >= 4 is 34.8 Å². The third kappa shape index (κ3) is 2.66. The summed E-state index contributed by atoms with van der Waals surface area (Å²) >= 11 is 1.28. The van der Waals surface area contributed by atoms with Crippen molar-refractivity contribution < 1.29 is 19.1 Å². The van der Waals surface area contributed by atoms with Gasteiger partial charge >= 0.3 is 5.97 Å². The molecule has 1 aliphatic carbocycles. The van der Waals surface area contributed by atoms with Gasteiger partial charge in [0.1, 0.15) is 4.88 Å². The molecule has 0 bridgehead atoms. The van der Waals surface area contributed by atoms with Crippen LogP contribution in [0.4, 0.5) is 5.69 Å². The molecule has 2 amide bonds. The molecule has 1 saturated heterocycles. The Morgan fingerprint density at radius 1 is 1.15 bits per heavy atom. The van der Waals surface area contributed by atoms with Gasteiger partial charge < -0.3 is 4.74 Å². The SMILES string of the molecule is C[C@H]1C=CC[C@H]2C(=O)N(c3ccccc3OC(=O)c3cccs3)C(=O)[C@H]12. The second-order valence-corrected chi connectivity index (χ2v) is 7.45. The molecule has 3 atom stereocenters. The van der Waals surface area contributed by atoms with Crippen LogP contribution in [0.2, 0.25) is 0 Å². The molecule has 1 aliphatic heterocycles. The summed E-state index contributed by atoms with van der Waals surface area (Å²) in [5, 5.41) is 1.79. The first kappa shape index (κ1) is 16.7. The second-order valence-electron chi connectivity index (χ2n) is 6.50. The van der Waals surface area contributed by atoms with E-state index in [-0.39, 0.29) is 35.3 Å². The van der Waals surface area contributed by atoms with Crippen molar-refractivity contribution in [2.75, 3.05) is 4.90 Å². The van der Waals surface area contributed by atoms with E-state index in [0.29, 0.717) is 17.0 Å². The predicted molar refractivity (Wildman–Crippen MR) is 98.1 cm³/mol. The molecule has 2 aliphatic rings. The molecular weight excluding hydrogens is 350 g/mol. The molecule has 0 radical (unpaired) electrons. The van der Waals surface area contributed by atoms with E-state index in [0.717, 1.165) is 0 Å². The zero-order chi connectivity index (χ0) is 18.3. The van der Waals surface area contributed by atoms with E-state index in [9.17, 15) is 14.4 Å². The summed E-state index contributed by atoms with van der Waals surface area (Å²) in [6.45, 7) is 1.95. The molecule has 1 aromatic heterocycles. The van der Waals surface area contributed by atoms with E-state index >= 15 is 0 Å². The Bertz CT molecular complexity index is 902. The van der Waals surface area contributed by atoms with Crippen LogP contribution in [-0.4, -0.2) is 17.8 Å². The largest absolute Gasteiger partial charge is 0.420 e. The van der Waals surface area contributed by atoms with Crippen molar-refractivity contribution in [2.24, 2.45) is 17.8 Å². The summed E-state index contributed by atoms with van der Waals surface area (Å²) in [6, 6.07) is 10.1. The fourth-order valence-corrected chi connectivity index (χ4v) is 4.26. The topological polar surface area (TPSA) is 63.7 Å². The number of thiophene rings is 1. The number of rotatable bonds is 3. The van der Waals surface area contributed by atoms with Crippen LogP contribution in [0.5, 0.6) is 5.75 Å². The number of fused-ring (bicyclic) bond motifs is 1. The van der Waals surface area contributed by atoms with Gasteiger partial charge in [0.05, 0.1) is 17.5 Å². The Morgan fingerprint density at radius 3 is 2.69 bits per heavy atom. The Kier molecular flexibility index (Phi) is 4.20. The number of benzene rings is 1. The maximum Gasteiger partial charge on any atom is 0.353 e. The number of imide groups is 1. The van der Waals surface area contributed by atoms with Gasteiger partial charge in [-0.15, -0.1) is 11.3 Å². The predicted octanol–water partition coefficient (Wildman–Crippen LogP) is 3.67. The summed E-state index contributed by atoms with van der Waals surface area (Å²) in [6.07, 6.45) is 4.51. The minimum Gasteiger partial charge on any atom is -0.420 e. The highest BCUT2D eigenvalue weighted by Crippen LogP contribution is 2.42. The molecule has 5 nitrogen and oxygen atoms in total. The number of hydrogen-bond acceptors (Lipinski definition) is 5. The van der Waals surface area contributed by atoms with Gasteiger partial charge in [-0.25, -0.2) is 9.69 Å². The van der Waals surface area contributed by atoms with Crippen LogP contribution >= 0.6 is 11.3 Å². The fraction of sp³-hybridized carbons (Fsp3) is 0.250. The highest BCUT2D eigenvalue weighted by molar-refractivity contribution is 7.12. The normalized spacial score (nSPS) is 24.7. The molecule has 0 saturated carbocycles. The van der Waals surface area contributed by atoms with Gasteiger partial charge in [0.25, 0.3) is 0 Å². The number of ether oxygens (including phenoxy) is 1. The number of nitrogens with zero attached hydrogens (tertiary/aromatic N) is 1. The number of amides is 2. The molecule has 1 fully saturated rings. The van der Waals surface area contributed by atoms with Gasteiger partial charge in [0, 0.05) is 0 Å². The number of carbonyl (C=O) groups is 3. The third-order valence-corrected chi connectivity index (χ3v) is 5.75. The minimum absolute atomic E-state index is 0.0102. The van der Waals surface area contributed by atoms with E-state index in [1.165, 1.54) is 16.2 Å². The zero-order valence-corrected chi connectivity index (χ0v) is 14.9. The van der Waals surface area contributed by atoms with E-state index in [4.69, 9.17) is 4.74 Å². The van der Waals surface area contributed by atoms with Gasteiger partial charge in [-0.05, 0) is 35.9 Å². The molecule has 4 rings (SSSR count). The standard InChI is InChI=1S/C20H17NO4S/c1-12-6-4-7-13-17(12)19(23)21(18(13)22)14-8-2-3-9-15(14)25-20(24)16-10-5-11-26-16/h2-6,8-13,17H,7H2,1H3/t12-,13+,17+/m0/s1. The maximum atomic E-state index is 13.0. The Hall–Kier alpha value is -2.73. The minimum atomic E-state index is -0.501. The van der Waals surface area contributed by atoms with Crippen molar-refractivity contribution in [2.45, 2.75) is 13.3 Å². The maximum absolute atomic E-state index is 13.0. The zero-order valence-electron chi connectivity index (χ0n) is 14.1. The van der Waals surface area contributed by atoms with Crippen LogP contribution in [-0.2, 0) is 9.59 Å². The van der Waals surface area contributed by atoms with Gasteiger partial charge in [0.15, 0.2) is 5.75 Å². The monoisotopic (exact) mass is 367 g/mol. The van der Waals surface area contributed by atoms with Gasteiger partial charge in [-0.2, -0.15) is 0 Å². The smallest absolute Gasteiger partial charge is 0.353 e. The Balaban J connectivity index is 1.67. The van der Waals surface area contributed by atoms with Crippen molar-refractivity contribution in [3.63, 3.8) is 0 Å². The lowest BCUT2D eigenvalue weighted by atomic mass is 9.78. The van der Waals surface area contributed by atoms with Gasteiger partial charge in [-0.1, -0.05) is 37.3 Å². The van der Waals surface area contributed by atoms with Gasteiger partial charge in [0.2, 0.25) is 11.8 Å². The molecule has 0 N–H and O–H groups in total. The lowest BCUT2D eigenvalue weighted by Crippen LogP contribution is -2.32. The molecule has 6 heteroatoms. The summed E-state index contributed by atoms with van der Waals surface area (Å²) in [5.74, 6) is -1.42. The lowest BCUT2D eigenvalue weighted by molar-refractivity contribution is -0.122. The van der Waals surface area contributed by atoms with E-state index < -0.39 is 5.97 Å². The molecule has 2 heterocycles. The van der Waals surface area contributed by atoms with Crippen LogP contribution in [0.1, 0.15) is 23.0 Å². The molecule has 26 heavy (non-hydrogen) atoms. The lowest BCUT2D eigenvalue weighted by Gasteiger charge is -2.22. The average molecular weight is 367 g/mol. The molecule has 0 unspecified atom stereocenters. The first-order chi connectivity index (χ1) is 12.6. The van der Waals surface area contributed by atoms with Crippen LogP contribution in [0, 0.1) is 17.8 Å². The number of para-hydroxylation sites is 2. The highest BCUT2D eigenvalue weighted by atomic mass is 32.1. The highest BCUT2D eigenvalue weighted by Gasteiger charge is 2.51. The van der Waals surface area contributed by atoms with E-state index in [2.05, 4.69) is 0 Å². The van der Waals surface area contributed by atoms with Gasteiger partial charge in [-0.3, -0.25) is 9.59 Å². The number of esters is 1. The van der Waals surface area contributed by atoms with Crippen molar-refractivity contribution in [3.8, 4) is 5.75 Å². The summed E-state index contributed by atoms with van der Waals surface area (Å²) < 4.78 is 5.49. The Morgan fingerprint density at radius 2 is 1.96 bits per heavy atom. The summed E-state index contributed by atoms with van der Waals surface area (Å²) in [4.78, 5) is 39.8. The quantitative estimate of drug-likeness (QED) is 0.359. The van der Waals surface area contributed by atoms with E-state index in [1.54, 1.807) is 41.8 Å². The molecule has 2 aromatic rings. The second kappa shape index (κ2) is 6.53. The number of anilines is 1. The molecular formula is C20H17NO4S. The fourth-order valence-electron chi connectivity index (χ4n) is 3.66. The molecule has 0 spiro atoms. The molecule has 132 valence electrons. The van der Waals surface area contributed by atoms with Crippen LogP contribution in [0.3, 0.4) is 0 Å². The van der Waals surface area contributed by atoms with Crippen LogP contribution in [0.25, 0.3) is 0 Å². The molecule has 1 aromatic carbocycles. The van der Waals surface area contributed by atoms with E-state index in [1.807, 2.05) is 19.1 Å². The van der Waals surface area contributed by atoms with Crippen molar-refractivity contribution in [1.82, 2.24) is 0 Å². The van der Waals surface area contributed by atoms with Crippen LogP contribution in [0.15, 0.2) is 53.9 Å². The number of allylic oxidation sites excluding steroid dienone is 2. The Labute approximate surface area is 154 Å². The number of hydrogen-bond donors (Lipinski definition) is 0. The van der Waals surface area contributed by atoms with Crippen LogP contribution < -0.4 is 9.64 Å². The third-order valence-electron chi connectivity index (χ3n) is 4.90. The van der Waals surface area contributed by atoms with Crippen molar-refractivity contribution in [1.29, 1.82) is 0 Å². The number of carbonyl (C=O) groups excluding carboxylic acids is 3. The average Bonchev–Trinajstić information content (AvgIpc) is 3.25.